The Labute approximate surface area is 177 Å². The van der Waals surface area contributed by atoms with Crippen LogP contribution in [0.25, 0.3) is 0 Å². The quantitative estimate of drug-likeness (QED) is 0.729. The summed E-state index contributed by atoms with van der Waals surface area (Å²) in [7, 11) is -1.15. The van der Waals surface area contributed by atoms with E-state index in [9.17, 15) is 17.6 Å². The maximum atomic E-state index is 13.3. The molecule has 0 saturated carbocycles. The molecular weight excluding hydrogens is 405 g/mol. The first-order chi connectivity index (χ1) is 14.2. The molecule has 0 aromatic heterocycles. The molecule has 0 saturated heterocycles. The minimum absolute atomic E-state index is 0.224. The van der Waals surface area contributed by atoms with Crippen LogP contribution in [0.1, 0.15) is 42.5 Å². The Kier molecular flexibility index (Phi) is 6.77. The van der Waals surface area contributed by atoms with Crippen LogP contribution in [-0.2, 0) is 27.8 Å². The number of carbonyl (C=O) groups is 1. The summed E-state index contributed by atoms with van der Waals surface area (Å²) in [6, 6.07) is 11.0. The van der Waals surface area contributed by atoms with Crippen molar-refractivity contribution in [2.75, 3.05) is 24.9 Å². The highest BCUT2D eigenvalue weighted by molar-refractivity contribution is 7.90. The van der Waals surface area contributed by atoms with Gasteiger partial charge in [0.1, 0.15) is 12.4 Å². The number of fused-ring (bicyclic) bond motifs is 1. The van der Waals surface area contributed by atoms with E-state index in [2.05, 4.69) is 17.4 Å². The number of nitrogens with one attached hydrogen (secondary N) is 1. The predicted octanol–water partition coefficient (Wildman–Crippen LogP) is 3.19. The number of amides is 1. The van der Waals surface area contributed by atoms with Crippen LogP contribution in [0.4, 0.5) is 10.1 Å². The molecule has 0 bridgehead atoms. The molecule has 1 aliphatic carbocycles. The third kappa shape index (κ3) is 4.99. The molecule has 30 heavy (non-hydrogen) atoms. The van der Waals surface area contributed by atoms with Crippen molar-refractivity contribution in [3.05, 3.63) is 65.0 Å². The molecule has 1 amide bonds. The maximum Gasteiger partial charge on any atom is 0.304 e. The molecule has 1 N–H and O–H groups in total. The first kappa shape index (κ1) is 22.2. The Morgan fingerprint density at radius 2 is 1.70 bits per heavy atom. The number of rotatable bonds is 7. The monoisotopic (exact) mass is 433 g/mol. The summed E-state index contributed by atoms with van der Waals surface area (Å²) in [6.07, 6.45) is 4.51. The summed E-state index contributed by atoms with van der Waals surface area (Å²) in [5.74, 6) is -0.915. The Hall–Kier alpha value is -2.45. The highest BCUT2D eigenvalue weighted by atomic mass is 32.2. The van der Waals surface area contributed by atoms with Gasteiger partial charge >= 0.3 is 10.2 Å². The number of hydrogen-bond acceptors (Lipinski definition) is 3. The molecule has 0 unspecified atom stereocenters. The van der Waals surface area contributed by atoms with Gasteiger partial charge in [0, 0.05) is 14.1 Å². The molecule has 0 radical (unpaired) electrons. The van der Waals surface area contributed by atoms with Gasteiger partial charge < -0.3 is 5.32 Å². The minimum Gasteiger partial charge on any atom is -0.348 e. The van der Waals surface area contributed by atoms with E-state index in [4.69, 9.17) is 0 Å². The van der Waals surface area contributed by atoms with Gasteiger partial charge in [-0.25, -0.2) is 8.70 Å². The van der Waals surface area contributed by atoms with Crippen molar-refractivity contribution in [3.8, 4) is 0 Å². The first-order valence-corrected chi connectivity index (χ1v) is 11.4. The van der Waals surface area contributed by atoms with Crippen LogP contribution in [0.2, 0.25) is 0 Å². The average molecular weight is 434 g/mol. The summed E-state index contributed by atoms with van der Waals surface area (Å²) in [5.41, 5.74) is 3.90. The van der Waals surface area contributed by atoms with E-state index >= 15 is 0 Å². The SMILES string of the molecule is C[C@@H](NC(=O)CN(c1ccc(F)cc1)S(=O)(=O)N(C)C)c1ccc2c(c1)CCCC2. The lowest BCUT2D eigenvalue weighted by atomic mass is 9.89. The van der Waals surface area contributed by atoms with E-state index < -0.39 is 28.5 Å². The number of carbonyl (C=O) groups excluding carboxylic acids is 1. The molecule has 0 fully saturated rings. The second-order valence-corrected chi connectivity index (χ2v) is 9.86. The number of benzene rings is 2. The van der Waals surface area contributed by atoms with Gasteiger partial charge in [0.15, 0.2) is 0 Å². The Bertz CT molecular complexity index is 1010. The zero-order valence-electron chi connectivity index (χ0n) is 17.6. The van der Waals surface area contributed by atoms with Crippen LogP contribution in [-0.4, -0.2) is 39.3 Å². The van der Waals surface area contributed by atoms with Crippen molar-refractivity contribution in [2.45, 2.75) is 38.6 Å². The molecule has 2 aromatic rings. The summed E-state index contributed by atoms with van der Waals surface area (Å²) in [5, 5.41) is 2.89. The lowest BCUT2D eigenvalue weighted by Crippen LogP contribution is -2.46. The smallest absolute Gasteiger partial charge is 0.304 e. The highest BCUT2D eigenvalue weighted by Crippen LogP contribution is 2.25. The van der Waals surface area contributed by atoms with E-state index in [1.165, 1.54) is 62.3 Å². The van der Waals surface area contributed by atoms with Crippen molar-refractivity contribution in [1.29, 1.82) is 0 Å². The van der Waals surface area contributed by atoms with Gasteiger partial charge in [0.2, 0.25) is 5.91 Å². The molecular formula is C22H28FN3O3S. The highest BCUT2D eigenvalue weighted by Gasteiger charge is 2.28. The molecule has 0 aliphatic heterocycles. The zero-order valence-corrected chi connectivity index (χ0v) is 18.4. The van der Waals surface area contributed by atoms with Gasteiger partial charge in [-0.15, -0.1) is 0 Å². The molecule has 0 spiro atoms. The van der Waals surface area contributed by atoms with E-state index in [1.807, 2.05) is 13.0 Å². The van der Waals surface area contributed by atoms with Gasteiger partial charge in [-0.2, -0.15) is 12.7 Å². The molecule has 0 heterocycles. The fourth-order valence-corrected chi connectivity index (χ4v) is 4.70. The third-order valence-corrected chi connectivity index (χ3v) is 7.21. The normalized spacial score (nSPS) is 14.8. The lowest BCUT2D eigenvalue weighted by molar-refractivity contribution is -0.120. The van der Waals surface area contributed by atoms with Gasteiger partial charge in [0.25, 0.3) is 0 Å². The number of hydrogen-bond donors (Lipinski definition) is 1. The van der Waals surface area contributed by atoms with Crippen LogP contribution in [0.3, 0.4) is 0 Å². The van der Waals surface area contributed by atoms with E-state index in [0.717, 1.165) is 27.0 Å². The number of aryl methyl sites for hydroxylation is 2. The predicted molar refractivity (Wildman–Crippen MR) is 116 cm³/mol. The van der Waals surface area contributed by atoms with E-state index in [-0.39, 0.29) is 11.7 Å². The fraction of sp³-hybridized carbons (Fsp3) is 0.409. The molecule has 8 heteroatoms. The van der Waals surface area contributed by atoms with E-state index in [1.54, 1.807) is 0 Å². The van der Waals surface area contributed by atoms with Crippen LogP contribution < -0.4 is 9.62 Å². The molecule has 2 aromatic carbocycles. The van der Waals surface area contributed by atoms with Crippen LogP contribution in [0.5, 0.6) is 0 Å². The van der Waals surface area contributed by atoms with Crippen LogP contribution >= 0.6 is 0 Å². The summed E-state index contributed by atoms with van der Waals surface area (Å²) in [6.45, 7) is 1.48. The Morgan fingerprint density at radius 3 is 2.33 bits per heavy atom. The van der Waals surface area contributed by atoms with Crippen LogP contribution in [0, 0.1) is 5.82 Å². The Balaban J connectivity index is 1.76. The largest absolute Gasteiger partial charge is 0.348 e. The Morgan fingerprint density at radius 1 is 1.07 bits per heavy atom. The topological polar surface area (TPSA) is 69.7 Å². The van der Waals surface area contributed by atoms with Crippen molar-refractivity contribution < 1.29 is 17.6 Å². The van der Waals surface area contributed by atoms with Gasteiger partial charge in [-0.05, 0) is 73.6 Å². The lowest BCUT2D eigenvalue weighted by Gasteiger charge is -2.27. The third-order valence-electron chi connectivity index (χ3n) is 5.39. The van der Waals surface area contributed by atoms with Gasteiger partial charge in [-0.1, -0.05) is 18.2 Å². The van der Waals surface area contributed by atoms with Crippen molar-refractivity contribution in [1.82, 2.24) is 9.62 Å². The minimum atomic E-state index is -3.93. The second kappa shape index (κ2) is 9.14. The number of halogens is 1. The van der Waals surface area contributed by atoms with Crippen molar-refractivity contribution in [3.63, 3.8) is 0 Å². The van der Waals surface area contributed by atoms with E-state index in [0.29, 0.717) is 0 Å². The zero-order chi connectivity index (χ0) is 21.9. The molecule has 6 nitrogen and oxygen atoms in total. The number of anilines is 1. The average Bonchev–Trinajstić information content (AvgIpc) is 2.72. The molecule has 162 valence electrons. The van der Waals surface area contributed by atoms with Gasteiger partial charge in [-0.3, -0.25) is 4.79 Å². The van der Waals surface area contributed by atoms with Crippen LogP contribution in [0.15, 0.2) is 42.5 Å². The molecule has 1 atom stereocenters. The summed E-state index contributed by atoms with van der Waals surface area (Å²) < 4.78 is 40.8. The fourth-order valence-electron chi connectivity index (χ4n) is 3.63. The molecule has 3 rings (SSSR count). The summed E-state index contributed by atoms with van der Waals surface area (Å²) in [4.78, 5) is 12.7. The first-order valence-electron chi connectivity index (χ1n) is 10.1. The summed E-state index contributed by atoms with van der Waals surface area (Å²) >= 11 is 0. The molecule has 1 aliphatic rings. The second-order valence-electron chi connectivity index (χ2n) is 7.80. The number of nitrogens with zero attached hydrogens (tertiary/aromatic N) is 2. The van der Waals surface area contributed by atoms with Crippen molar-refractivity contribution in [2.24, 2.45) is 0 Å². The maximum absolute atomic E-state index is 13.3. The standard InChI is InChI=1S/C22H28FN3O3S/c1-16(18-9-8-17-6-4-5-7-19(17)14-18)24-22(27)15-26(30(28,29)25(2)3)21-12-10-20(23)11-13-21/h8-14,16H,4-7,15H2,1-3H3,(H,24,27)/t16-/m1/s1. The van der Waals surface area contributed by atoms with Crippen molar-refractivity contribution >= 4 is 21.8 Å². The van der Waals surface area contributed by atoms with Gasteiger partial charge in [0.05, 0.1) is 11.7 Å².